The summed E-state index contributed by atoms with van der Waals surface area (Å²) in [7, 11) is 1.62. The van der Waals surface area contributed by atoms with Gasteiger partial charge in [-0.15, -0.1) is 0 Å². The molecule has 1 saturated heterocycles. The predicted molar refractivity (Wildman–Crippen MR) is 117 cm³/mol. The minimum Gasteiger partial charge on any atom is -0.352 e. The minimum atomic E-state index is -0.149. The molecular formula is C24H29N4O2+. The predicted octanol–water partition coefficient (Wildman–Crippen LogP) is 1.36. The molecule has 6 nitrogen and oxygen atoms in total. The first-order valence-corrected chi connectivity index (χ1v) is 10.7. The van der Waals surface area contributed by atoms with E-state index >= 15 is 0 Å². The highest BCUT2D eigenvalue weighted by Crippen LogP contribution is 2.14. The fraction of sp³-hybridized carbons (Fsp3) is 0.375. The number of hydrogen-bond donors (Lipinski definition) is 2. The SMILES string of the molecule is Cn1nc(CC(=O)NCc2ccccc2C[NH+]2CCCCC2)c2ccccc2c1=O. The molecule has 30 heavy (non-hydrogen) atoms. The highest BCUT2D eigenvalue weighted by molar-refractivity contribution is 5.88. The van der Waals surface area contributed by atoms with Crippen LogP contribution in [0.2, 0.25) is 0 Å². The molecule has 1 aliphatic heterocycles. The third-order valence-corrected chi connectivity index (χ3v) is 5.96. The summed E-state index contributed by atoms with van der Waals surface area (Å²) in [5.74, 6) is -0.0913. The Morgan fingerprint density at radius 2 is 1.67 bits per heavy atom. The molecule has 0 unspecified atom stereocenters. The van der Waals surface area contributed by atoms with E-state index in [0.717, 1.165) is 11.9 Å². The van der Waals surface area contributed by atoms with Crippen molar-refractivity contribution in [2.45, 2.75) is 38.8 Å². The molecule has 0 aliphatic carbocycles. The zero-order valence-corrected chi connectivity index (χ0v) is 17.5. The van der Waals surface area contributed by atoms with Gasteiger partial charge in [-0.1, -0.05) is 42.5 Å². The van der Waals surface area contributed by atoms with Crippen molar-refractivity contribution in [2.75, 3.05) is 13.1 Å². The number of quaternary nitrogens is 1. The number of nitrogens with one attached hydrogen (secondary N) is 2. The Hall–Kier alpha value is -2.99. The lowest BCUT2D eigenvalue weighted by Gasteiger charge is -2.24. The van der Waals surface area contributed by atoms with Crippen LogP contribution in [0.15, 0.2) is 53.3 Å². The van der Waals surface area contributed by atoms with E-state index in [1.54, 1.807) is 18.0 Å². The highest BCUT2D eigenvalue weighted by Gasteiger charge is 2.16. The number of aryl methyl sites for hydroxylation is 1. The van der Waals surface area contributed by atoms with Gasteiger partial charge in [0.15, 0.2) is 0 Å². The Labute approximate surface area is 176 Å². The van der Waals surface area contributed by atoms with E-state index in [1.807, 2.05) is 24.3 Å². The van der Waals surface area contributed by atoms with Gasteiger partial charge in [-0.2, -0.15) is 5.10 Å². The Morgan fingerprint density at radius 1 is 1.00 bits per heavy atom. The third-order valence-electron chi connectivity index (χ3n) is 5.96. The van der Waals surface area contributed by atoms with Crippen molar-refractivity contribution in [3.63, 3.8) is 0 Å². The highest BCUT2D eigenvalue weighted by atomic mass is 16.1. The Morgan fingerprint density at radius 3 is 2.43 bits per heavy atom. The number of aromatic nitrogens is 2. The van der Waals surface area contributed by atoms with Crippen molar-refractivity contribution in [1.29, 1.82) is 0 Å². The van der Waals surface area contributed by atoms with Gasteiger partial charge in [0.2, 0.25) is 5.91 Å². The quantitative estimate of drug-likeness (QED) is 0.651. The standard InChI is InChI=1S/C24H28N4O2/c1-27-24(30)21-12-6-5-11-20(21)22(26-27)15-23(29)25-16-18-9-3-4-10-19(18)17-28-13-7-2-8-14-28/h3-6,9-12H,2,7-8,13-17H2,1H3,(H,25,29)/p+1. The molecule has 2 aromatic carbocycles. The van der Waals surface area contributed by atoms with Gasteiger partial charge in [0.25, 0.3) is 5.56 Å². The first kappa shape index (κ1) is 20.3. The van der Waals surface area contributed by atoms with E-state index < -0.39 is 0 Å². The largest absolute Gasteiger partial charge is 0.352 e. The fourth-order valence-electron chi connectivity index (χ4n) is 4.32. The van der Waals surface area contributed by atoms with E-state index in [-0.39, 0.29) is 17.9 Å². The normalized spacial score (nSPS) is 14.7. The van der Waals surface area contributed by atoms with E-state index in [2.05, 4.69) is 28.6 Å². The molecule has 1 amide bonds. The van der Waals surface area contributed by atoms with Gasteiger partial charge in [-0.05, 0) is 30.9 Å². The van der Waals surface area contributed by atoms with Crippen LogP contribution >= 0.6 is 0 Å². The van der Waals surface area contributed by atoms with Crippen LogP contribution in [0.1, 0.15) is 36.1 Å². The number of carbonyl (C=O) groups excluding carboxylic acids is 1. The number of fused-ring (bicyclic) bond motifs is 1. The zero-order valence-electron chi connectivity index (χ0n) is 17.5. The molecule has 0 spiro atoms. The molecule has 156 valence electrons. The smallest absolute Gasteiger partial charge is 0.274 e. The average molecular weight is 406 g/mol. The topological polar surface area (TPSA) is 68.4 Å². The van der Waals surface area contributed by atoms with Crippen molar-refractivity contribution in [1.82, 2.24) is 15.1 Å². The van der Waals surface area contributed by atoms with Crippen LogP contribution in [-0.4, -0.2) is 28.8 Å². The number of piperidine rings is 1. The van der Waals surface area contributed by atoms with Gasteiger partial charge < -0.3 is 10.2 Å². The van der Waals surface area contributed by atoms with E-state index in [1.165, 1.54) is 48.2 Å². The van der Waals surface area contributed by atoms with Crippen LogP contribution < -0.4 is 15.8 Å². The van der Waals surface area contributed by atoms with Crippen LogP contribution in [0.3, 0.4) is 0 Å². The molecule has 1 aliphatic rings. The molecule has 0 atom stereocenters. The molecular weight excluding hydrogens is 376 g/mol. The van der Waals surface area contributed by atoms with Crippen LogP contribution in [0.4, 0.5) is 0 Å². The zero-order chi connectivity index (χ0) is 20.9. The maximum absolute atomic E-state index is 12.7. The van der Waals surface area contributed by atoms with Gasteiger partial charge in [0.05, 0.1) is 30.6 Å². The number of nitrogens with zero attached hydrogens (tertiary/aromatic N) is 2. The fourth-order valence-corrected chi connectivity index (χ4v) is 4.32. The van der Waals surface area contributed by atoms with Crippen molar-refractivity contribution in [3.05, 3.63) is 75.7 Å². The molecule has 1 fully saturated rings. The molecule has 6 heteroatoms. The van der Waals surface area contributed by atoms with E-state index in [9.17, 15) is 9.59 Å². The lowest BCUT2D eigenvalue weighted by Crippen LogP contribution is -3.11. The summed E-state index contributed by atoms with van der Waals surface area (Å²) < 4.78 is 1.31. The summed E-state index contributed by atoms with van der Waals surface area (Å²) in [5.41, 5.74) is 2.95. The van der Waals surface area contributed by atoms with Crippen molar-refractivity contribution >= 4 is 16.7 Å². The lowest BCUT2D eigenvalue weighted by molar-refractivity contribution is -0.918. The van der Waals surface area contributed by atoms with E-state index in [4.69, 9.17) is 0 Å². The van der Waals surface area contributed by atoms with Crippen molar-refractivity contribution in [2.24, 2.45) is 7.05 Å². The second kappa shape index (κ2) is 9.22. The Kier molecular flexibility index (Phi) is 6.23. The van der Waals surface area contributed by atoms with Crippen molar-refractivity contribution in [3.8, 4) is 0 Å². The molecule has 0 saturated carbocycles. The third kappa shape index (κ3) is 4.60. The van der Waals surface area contributed by atoms with Crippen LogP contribution in [0.25, 0.3) is 10.8 Å². The number of rotatable bonds is 6. The summed E-state index contributed by atoms with van der Waals surface area (Å²) in [6.45, 7) is 3.98. The molecule has 0 radical (unpaired) electrons. The molecule has 0 bridgehead atoms. The van der Waals surface area contributed by atoms with Gasteiger partial charge >= 0.3 is 0 Å². The van der Waals surface area contributed by atoms with Gasteiger partial charge in [0.1, 0.15) is 6.54 Å². The summed E-state index contributed by atoms with van der Waals surface area (Å²) in [6, 6.07) is 15.7. The molecule has 2 N–H and O–H groups in total. The number of benzene rings is 2. The van der Waals surface area contributed by atoms with Crippen LogP contribution in [0, 0.1) is 0 Å². The van der Waals surface area contributed by atoms with Crippen LogP contribution in [-0.2, 0) is 31.4 Å². The molecule has 1 aromatic heterocycles. The lowest BCUT2D eigenvalue weighted by atomic mass is 10.0. The summed E-state index contributed by atoms with van der Waals surface area (Å²) in [5, 5.41) is 8.71. The number of carbonyl (C=O) groups is 1. The minimum absolute atomic E-state index is 0.0913. The Balaban J connectivity index is 1.44. The first-order valence-electron chi connectivity index (χ1n) is 10.7. The number of likely N-dealkylation sites (tertiary alicyclic amines) is 1. The van der Waals surface area contributed by atoms with Gasteiger partial charge in [-0.3, -0.25) is 9.59 Å². The molecule has 2 heterocycles. The maximum Gasteiger partial charge on any atom is 0.274 e. The second-order valence-electron chi connectivity index (χ2n) is 8.13. The first-order chi connectivity index (χ1) is 14.6. The van der Waals surface area contributed by atoms with Gasteiger partial charge in [-0.25, -0.2) is 4.68 Å². The van der Waals surface area contributed by atoms with E-state index in [0.29, 0.717) is 17.6 Å². The summed E-state index contributed by atoms with van der Waals surface area (Å²) >= 11 is 0. The maximum atomic E-state index is 12.7. The molecule has 4 rings (SSSR count). The monoisotopic (exact) mass is 405 g/mol. The Bertz CT molecular complexity index is 1100. The van der Waals surface area contributed by atoms with Crippen LogP contribution in [0.5, 0.6) is 0 Å². The number of amides is 1. The summed E-state index contributed by atoms with van der Waals surface area (Å²) in [6.07, 6.45) is 4.09. The van der Waals surface area contributed by atoms with Crippen molar-refractivity contribution < 1.29 is 9.69 Å². The number of hydrogen-bond acceptors (Lipinski definition) is 3. The average Bonchev–Trinajstić information content (AvgIpc) is 2.77. The molecule has 3 aromatic rings. The second-order valence-corrected chi connectivity index (χ2v) is 8.13. The van der Waals surface area contributed by atoms with Gasteiger partial charge in [0, 0.05) is 24.5 Å². The summed E-state index contributed by atoms with van der Waals surface area (Å²) in [4.78, 5) is 26.6.